The number of benzene rings is 2. The zero-order valence-electron chi connectivity index (χ0n) is 57.8. The second-order valence-electron chi connectivity index (χ2n) is 30.5. The van der Waals surface area contributed by atoms with Crippen LogP contribution in [0.5, 0.6) is 11.5 Å². The van der Waals surface area contributed by atoms with Crippen molar-refractivity contribution in [3.63, 3.8) is 0 Å². The molecule has 0 fully saturated rings. The van der Waals surface area contributed by atoms with E-state index in [1.807, 2.05) is 0 Å². The predicted molar refractivity (Wildman–Crippen MR) is 374 cm³/mol. The van der Waals surface area contributed by atoms with Gasteiger partial charge in [0.25, 0.3) is 0 Å². The van der Waals surface area contributed by atoms with E-state index in [1.165, 1.54) is 205 Å². The standard InChI is InChI=1S/C77H136O4S2/c1-17-19-21-23-25-27-29-31-33-35-37-39-41-43-45-47-49-51-53-69(82)80-61(3)77(59-63-55-65(73(5,6)7)71(78)66(56-63)74(8,9)10,60-64-57-67(75(11,12)13)72(79)68(58-64)76(14,15)16)62(4)81-70(83)54-52-50-48-46-44-42-40-38-36-34-32-30-28-26-24-22-20-18-2/h55-58,61-62,78-79H,17-54,59-60H2,1-16H3. The van der Waals surface area contributed by atoms with Crippen LogP contribution in [-0.2, 0) is 44.0 Å². The van der Waals surface area contributed by atoms with Gasteiger partial charge in [0, 0.05) is 12.8 Å². The Balaban J connectivity index is 2.32. The zero-order valence-corrected chi connectivity index (χ0v) is 59.4. The Hall–Kier alpha value is -2.18. The van der Waals surface area contributed by atoms with Crippen LogP contribution in [0.4, 0.5) is 0 Å². The Morgan fingerprint density at radius 3 is 0.699 bits per heavy atom. The first-order chi connectivity index (χ1) is 39.2. The summed E-state index contributed by atoms with van der Waals surface area (Å²) in [6, 6.07) is 8.96. The van der Waals surface area contributed by atoms with Gasteiger partial charge in [0.05, 0.1) is 5.41 Å². The van der Waals surface area contributed by atoms with Crippen LogP contribution in [0.1, 0.15) is 388 Å². The van der Waals surface area contributed by atoms with E-state index in [0.29, 0.717) is 34.4 Å². The molecule has 0 aliphatic carbocycles. The average molecular weight is 1190 g/mol. The van der Waals surface area contributed by atoms with Gasteiger partial charge in [0.2, 0.25) is 0 Å². The number of phenols is 2. The molecule has 0 bridgehead atoms. The number of hydrogen-bond acceptors (Lipinski definition) is 6. The highest BCUT2D eigenvalue weighted by atomic mass is 32.1. The van der Waals surface area contributed by atoms with Gasteiger partial charge in [-0.15, -0.1) is 0 Å². The molecule has 2 N–H and O–H groups in total. The highest BCUT2D eigenvalue weighted by Crippen LogP contribution is 2.47. The van der Waals surface area contributed by atoms with Crippen LogP contribution in [0.3, 0.4) is 0 Å². The first kappa shape index (κ1) is 76.9. The minimum absolute atomic E-state index is 0.296. The topological polar surface area (TPSA) is 58.9 Å². The molecule has 2 atom stereocenters. The summed E-state index contributed by atoms with van der Waals surface area (Å²) in [5.41, 5.74) is 4.20. The summed E-state index contributed by atoms with van der Waals surface area (Å²) in [5.74, 6) is 0.763. The van der Waals surface area contributed by atoms with Crippen LogP contribution in [0.15, 0.2) is 24.3 Å². The molecule has 0 saturated heterocycles. The van der Waals surface area contributed by atoms with Gasteiger partial charge in [-0.25, -0.2) is 0 Å². The molecule has 0 heterocycles. The molecule has 0 amide bonds. The SMILES string of the molecule is CCCCCCCCCCCCCCCCCCCCC(=S)OC(C)C(Cc1cc(C(C)(C)C)c(O)c(C(C)(C)C)c1)(Cc1cc(C(C)(C)C)c(O)c(C(C)(C)C)c1)C(C)OC(=S)CCCCCCCCCCCCCCCCCCCC. The third-order valence-corrected chi connectivity index (χ3v) is 18.9. The van der Waals surface area contributed by atoms with E-state index >= 15 is 0 Å². The predicted octanol–water partition coefficient (Wildman–Crippen LogP) is 25.4. The van der Waals surface area contributed by atoms with Gasteiger partial charge in [-0.3, -0.25) is 0 Å². The minimum Gasteiger partial charge on any atom is -0.507 e. The van der Waals surface area contributed by atoms with E-state index in [9.17, 15) is 10.2 Å². The lowest BCUT2D eigenvalue weighted by atomic mass is 9.67. The summed E-state index contributed by atoms with van der Waals surface area (Å²) in [6.45, 7) is 35.3. The largest absolute Gasteiger partial charge is 0.507 e. The molecular formula is C77H136O4S2. The van der Waals surface area contributed by atoms with Gasteiger partial charge in [-0.2, -0.15) is 0 Å². The van der Waals surface area contributed by atoms with Gasteiger partial charge in [-0.05, 0) is 119 Å². The van der Waals surface area contributed by atoms with Crippen LogP contribution < -0.4 is 0 Å². The van der Waals surface area contributed by atoms with Crippen LogP contribution >= 0.6 is 24.4 Å². The van der Waals surface area contributed by atoms with Crippen molar-refractivity contribution in [1.29, 1.82) is 0 Å². The molecule has 480 valence electrons. The maximum Gasteiger partial charge on any atom is 0.160 e. The summed E-state index contributed by atoms with van der Waals surface area (Å²) in [5, 5.41) is 25.3. The summed E-state index contributed by atoms with van der Waals surface area (Å²) in [6.07, 6.45) is 50.6. The lowest BCUT2D eigenvalue weighted by Gasteiger charge is -2.44. The van der Waals surface area contributed by atoms with Gasteiger partial charge in [0.1, 0.15) is 23.7 Å². The fourth-order valence-electron chi connectivity index (χ4n) is 12.7. The molecule has 2 aromatic rings. The zero-order chi connectivity index (χ0) is 62.0. The monoisotopic (exact) mass is 1190 g/mol. The Kier molecular flexibility index (Phi) is 38.1. The first-order valence-corrected chi connectivity index (χ1v) is 36.1. The van der Waals surface area contributed by atoms with Crippen molar-refractivity contribution >= 4 is 34.5 Å². The second kappa shape index (κ2) is 41.1. The molecule has 0 aliphatic rings. The lowest BCUT2D eigenvalue weighted by Crippen LogP contribution is -2.50. The quantitative estimate of drug-likeness (QED) is 0.0509. The van der Waals surface area contributed by atoms with Crippen molar-refractivity contribution in [3.05, 3.63) is 57.6 Å². The van der Waals surface area contributed by atoms with Crippen LogP contribution in [0, 0.1) is 5.41 Å². The molecule has 2 rings (SSSR count). The molecule has 2 unspecified atom stereocenters. The average Bonchev–Trinajstić information content (AvgIpc) is 3.44. The fourth-order valence-corrected chi connectivity index (χ4v) is 13.3. The van der Waals surface area contributed by atoms with Crippen molar-refractivity contribution in [2.75, 3.05) is 0 Å². The van der Waals surface area contributed by atoms with E-state index in [-0.39, 0.29) is 33.9 Å². The Morgan fingerprint density at radius 2 is 0.518 bits per heavy atom. The van der Waals surface area contributed by atoms with Crippen molar-refractivity contribution in [2.24, 2.45) is 5.41 Å². The second-order valence-corrected chi connectivity index (χ2v) is 31.4. The van der Waals surface area contributed by atoms with E-state index in [1.54, 1.807) is 0 Å². The van der Waals surface area contributed by atoms with E-state index in [0.717, 1.165) is 71.9 Å². The van der Waals surface area contributed by atoms with Crippen LogP contribution in [0.2, 0.25) is 0 Å². The fraction of sp³-hybridized carbons (Fsp3) is 0.818. The molecule has 2 aromatic carbocycles. The number of unbranched alkanes of at least 4 members (excludes halogenated alkanes) is 34. The molecule has 4 nitrogen and oxygen atoms in total. The van der Waals surface area contributed by atoms with Crippen molar-refractivity contribution in [1.82, 2.24) is 0 Å². The summed E-state index contributed by atoms with van der Waals surface area (Å²) < 4.78 is 14.3. The van der Waals surface area contributed by atoms with Gasteiger partial charge in [-0.1, -0.05) is 340 Å². The number of rotatable bonds is 46. The summed E-state index contributed by atoms with van der Waals surface area (Å²) in [4.78, 5) is 0. The molecule has 83 heavy (non-hydrogen) atoms. The molecule has 0 aliphatic heterocycles. The Labute approximate surface area is 527 Å². The molecule has 0 radical (unpaired) electrons. The normalized spacial score (nSPS) is 13.4. The third kappa shape index (κ3) is 31.5. The van der Waals surface area contributed by atoms with Gasteiger partial charge >= 0.3 is 0 Å². The van der Waals surface area contributed by atoms with E-state index in [4.69, 9.17) is 33.9 Å². The molecule has 0 saturated carbocycles. The molecule has 0 aromatic heterocycles. The first-order valence-electron chi connectivity index (χ1n) is 35.3. The maximum atomic E-state index is 12.0. The van der Waals surface area contributed by atoms with Crippen LogP contribution in [0.25, 0.3) is 0 Å². The lowest BCUT2D eigenvalue weighted by molar-refractivity contribution is -0.0405. The number of hydrogen-bond donors (Lipinski definition) is 2. The maximum absolute atomic E-state index is 12.0. The number of aromatic hydroxyl groups is 2. The van der Waals surface area contributed by atoms with E-state index in [2.05, 4.69) is 135 Å². The van der Waals surface area contributed by atoms with Crippen LogP contribution in [-0.4, -0.2) is 32.5 Å². The van der Waals surface area contributed by atoms with Gasteiger partial charge in [0.15, 0.2) is 10.1 Å². The highest BCUT2D eigenvalue weighted by Gasteiger charge is 2.46. The van der Waals surface area contributed by atoms with Gasteiger partial charge < -0.3 is 19.7 Å². The molecule has 0 spiro atoms. The van der Waals surface area contributed by atoms with Crippen molar-refractivity contribution in [2.45, 2.75) is 401 Å². The Morgan fingerprint density at radius 1 is 0.337 bits per heavy atom. The number of ether oxygens (including phenoxy) is 2. The van der Waals surface area contributed by atoms with Crippen molar-refractivity contribution in [3.8, 4) is 11.5 Å². The molecule has 6 heteroatoms. The van der Waals surface area contributed by atoms with E-state index < -0.39 is 5.41 Å². The van der Waals surface area contributed by atoms with Crippen molar-refractivity contribution < 1.29 is 19.7 Å². The summed E-state index contributed by atoms with van der Waals surface area (Å²) >= 11 is 12.5. The number of thiocarbonyl (C=S) groups is 2. The smallest absolute Gasteiger partial charge is 0.160 e. The summed E-state index contributed by atoms with van der Waals surface area (Å²) in [7, 11) is 0. The third-order valence-electron chi connectivity index (χ3n) is 18.3. The highest BCUT2D eigenvalue weighted by molar-refractivity contribution is 7.80. The molecular weight excluding hydrogens is 1050 g/mol. The number of phenolic OH excluding ortho intramolecular Hbond substituents is 2. The Bertz CT molecular complexity index is 1820. The minimum atomic E-state index is -0.668.